The highest BCUT2D eigenvalue weighted by atomic mass is 16.4. The van der Waals surface area contributed by atoms with Gasteiger partial charge in [0.15, 0.2) is 0 Å². The van der Waals surface area contributed by atoms with Crippen molar-refractivity contribution in [2.24, 2.45) is 7.05 Å². The average molecular weight is 283 g/mol. The van der Waals surface area contributed by atoms with Crippen LogP contribution in [-0.2, 0) is 23.2 Å². The van der Waals surface area contributed by atoms with E-state index in [1.807, 2.05) is 0 Å². The third-order valence-electron chi connectivity index (χ3n) is 2.88. The zero-order valence-electron chi connectivity index (χ0n) is 11.4. The van der Waals surface area contributed by atoms with Crippen molar-refractivity contribution in [1.29, 1.82) is 0 Å². The van der Waals surface area contributed by atoms with Crippen molar-refractivity contribution >= 4 is 11.9 Å². The summed E-state index contributed by atoms with van der Waals surface area (Å²) in [5.41, 5.74) is -1.00. The lowest BCUT2D eigenvalue weighted by atomic mass is 10.3. The van der Waals surface area contributed by atoms with E-state index in [0.29, 0.717) is 13.0 Å². The van der Waals surface area contributed by atoms with Crippen LogP contribution in [0.2, 0.25) is 0 Å². The van der Waals surface area contributed by atoms with E-state index in [4.69, 9.17) is 5.11 Å². The van der Waals surface area contributed by atoms with Gasteiger partial charge in [0.25, 0.3) is 5.56 Å². The quantitative estimate of drug-likeness (QED) is 0.712. The Morgan fingerprint density at radius 2 is 2.00 bits per heavy atom. The maximum atomic E-state index is 11.9. The van der Waals surface area contributed by atoms with Crippen LogP contribution < -0.4 is 11.2 Å². The van der Waals surface area contributed by atoms with Crippen molar-refractivity contribution in [2.45, 2.75) is 19.4 Å². The van der Waals surface area contributed by atoms with Crippen LogP contribution in [0.1, 0.15) is 12.8 Å². The molecule has 0 unspecified atom stereocenters. The van der Waals surface area contributed by atoms with Crippen LogP contribution in [-0.4, -0.2) is 44.6 Å². The predicted molar refractivity (Wildman–Crippen MR) is 70.4 cm³/mol. The third-order valence-corrected chi connectivity index (χ3v) is 2.88. The van der Waals surface area contributed by atoms with E-state index in [0.717, 1.165) is 9.13 Å². The second kappa shape index (κ2) is 6.69. The van der Waals surface area contributed by atoms with Crippen molar-refractivity contribution in [3.63, 3.8) is 0 Å². The van der Waals surface area contributed by atoms with Crippen LogP contribution in [0.4, 0.5) is 0 Å². The minimum Gasteiger partial charge on any atom is -0.481 e. The summed E-state index contributed by atoms with van der Waals surface area (Å²) in [6.07, 6.45) is 1.60. The molecule has 8 heteroatoms. The number of carbonyl (C=O) groups is 2. The molecule has 0 fully saturated rings. The lowest BCUT2D eigenvalue weighted by molar-refractivity contribution is -0.138. The molecule has 0 aliphatic heterocycles. The largest absolute Gasteiger partial charge is 0.481 e. The fraction of sp³-hybridized carbons (Fsp3) is 0.500. The molecule has 1 amide bonds. The first-order valence-electron chi connectivity index (χ1n) is 6.05. The van der Waals surface area contributed by atoms with Gasteiger partial charge >= 0.3 is 11.7 Å². The van der Waals surface area contributed by atoms with Gasteiger partial charge in [-0.1, -0.05) is 0 Å². The third kappa shape index (κ3) is 4.08. The van der Waals surface area contributed by atoms with Crippen LogP contribution in [0.25, 0.3) is 0 Å². The number of hydrogen-bond acceptors (Lipinski definition) is 4. The molecular formula is C12H17N3O5. The highest BCUT2D eigenvalue weighted by molar-refractivity contribution is 5.75. The first-order valence-corrected chi connectivity index (χ1v) is 6.05. The molecule has 0 radical (unpaired) electrons. The summed E-state index contributed by atoms with van der Waals surface area (Å²) >= 11 is 0. The van der Waals surface area contributed by atoms with Crippen LogP contribution in [0.3, 0.4) is 0 Å². The minimum atomic E-state index is -0.917. The van der Waals surface area contributed by atoms with Gasteiger partial charge in [0, 0.05) is 39.3 Å². The SMILES string of the molecule is CN(CCCC(=O)O)C(=O)Cn1ccc(=O)n(C)c1=O. The van der Waals surface area contributed by atoms with Gasteiger partial charge in [0.1, 0.15) is 6.54 Å². The van der Waals surface area contributed by atoms with Gasteiger partial charge in [0.05, 0.1) is 0 Å². The van der Waals surface area contributed by atoms with Crippen molar-refractivity contribution in [2.75, 3.05) is 13.6 Å². The lowest BCUT2D eigenvalue weighted by Crippen LogP contribution is -2.40. The Kier molecular flexibility index (Phi) is 5.24. The number of hydrogen-bond donors (Lipinski definition) is 1. The molecule has 0 bridgehead atoms. The molecule has 1 aromatic rings. The van der Waals surface area contributed by atoms with Gasteiger partial charge < -0.3 is 10.0 Å². The summed E-state index contributed by atoms with van der Waals surface area (Å²) in [4.78, 5) is 46.5. The topological polar surface area (TPSA) is 102 Å². The van der Waals surface area contributed by atoms with Crippen LogP contribution in [0.5, 0.6) is 0 Å². The second-order valence-electron chi connectivity index (χ2n) is 4.44. The maximum Gasteiger partial charge on any atom is 0.331 e. The van der Waals surface area contributed by atoms with Crippen molar-refractivity contribution in [3.8, 4) is 0 Å². The van der Waals surface area contributed by atoms with E-state index in [1.165, 1.54) is 31.3 Å². The molecular weight excluding hydrogens is 266 g/mol. The highest BCUT2D eigenvalue weighted by Crippen LogP contribution is 1.95. The molecule has 0 saturated heterocycles. The second-order valence-corrected chi connectivity index (χ2v) is 4.44. The van der Waals surface area contributed by atoms with E-state index in [2.05, 4.69) is 0 Å². The van der Waals surface area contributed by atoms with E-state index in [1.54, 1.807) is 0 Å². The monoisotopic (exact) mass is 283 g/mol. The summed E-state index contributed by atoms with van der Waals surface area (Å²) in [7, 11) is 2.87. The van der Waals surface area contributed by atoms with Gasteiger partial charge in [-0.3, -0.25) is 23.5 Å². The minimum absolute atomic E-state index is 0.0165. The Balaban J connectivity index is 2.67. The summed E-state index contributed by atoms with van der Waals surface area (Å²) in [5, 5.41) is 8.51. The average Bonchev–Trinajstić information content (AvgIpc) is 2.38. The predicted octanol–water partition coefficient (Wildman–Crippen LogP) is -1.13. The van der Waals surface area contributed by atoms with E-state index in [9.17, 15) is 19.2 Å². The molecule has 1 heterocycles. The van der Waals surface area contributed by atoms with E-state index >= 15 is 0 Å². The fourth-order valence-electron chi connectivity index (χ4n) is 1.60. The van der Waals surface area contributed by atoms with Gasteiger partial charge in [-0.05, 0) is 6.42 Å². The number of amides is 1. The van der Waals surface area contributed by atoms with Crippen molar-refractivity contribution in [1.82, 2.24) is 14.0 Å². The van der Waals surface area contributed by atoms with Crippen LogP contribution in [0.15, 0.2) is 21.9 Å². The molecule has 0 saturated carbocycles. The molecule has 0 atom stereocenters. The number of carbonyl (C=O) groups excluding carboxylic acids is 1. The molecule has 0 spiro atoms. The standard InChI is InChI=1S/C12H17N3O5/c1-13(6-3-4-11(18)19)10(17)8-15-7-5-9(16)14(2)12(15)20/h5,7H,3-4,6,8H2,1-2H3,(H,18,19). The number of aliphatic carboxylic acids is 1. The Bertz CT molecular complexity index is 616. The smallest absolute Gasteiger partial charge is 0.331 e. The van der Waals surface area contributed by atoms with Crippen LogP contribution in [0, 0.1) is 0 Å². The van der Waals surface area contributed by atoms with Crippen molar-refractivity contribution in [3.05, 3.63) is 33.1 Å². The number of likely N-dealkylation sites (N-methyl/N-ethyl adjacent to an activating group) is 1. The summed E-state index contributed by atoms with van der Waals surface area (Å²) in [6.45, 7) is 0.113. The zero-order chi connectivity index (χ0) is 15.3. The molecule has 0 aliphatic rings. The number of rotatable bonds is 6. The molecule has 110 valence electrons. The van der Waals surface area contributed by atoms with Crippen molar-refractivity contribution < 1.29 is 14.7 Å². The Morgan fingerprint density at radius 3 is 2.60 bits per heavy atom. The van der Waals surface area contributed by atoms with Gasteiger partial charge in [-0.25, -0.2) is 4.79 Å². The number of carboxylic acid groups (broad SMARTS) is 1. The highest BCUT2D eigenvalue weighted by Gasteiger charge is 2.11. The molecule has 1 aromatic heterocycles. The van der Waals surface area contributed by atoms with E-state index < -0.39 is 17.2 Å². The summed E-state index contributed by atoms with van der Waals surface area (Å²) < 4.78 is 2.05. The number of carboxylic acids is 1. The number of nitrogens with zero attached hydrogens (tertiary/aromatic N) is 3. The van der Waals surface area contributed by atoms with Gasteiger partial charge in [-0.2, -0.15) is 0 Å². The maximum absolute atomic E-state index is 11.9. The normalized spacial score (nSPS) is 10.3. The molecule has 8 nitrogen and oxygen atoms in total. The first kappa shape index (κ1) is 15.7. The Hall–Kier alpha value is -2.38. The Labute approximate surface area is 114 Å². The summed E-state index contributed by atoms with van der Waals surface area (Å²) in [5.74, 6) is -1.24. The molecule has 20 heavy (non-hydrogen) atoms. The number of aromatic nitrogens is 2. The van der Waals surface area contributed by atoms with Gasteiger partial charge in [-0.15, -0.1) is 0 Å². The fourth-order valence-corrected chi connectivity index (χ4v) is 1.60. The molecule has 1 N–H and O–H groups in total. The summed E-state index contributed by atoms with van der Waals surface area (Å²) in [6, 6.07) is 1.21. The Morgan fingerprint density at radius 1 is 1.35 bits per heavy atom. The first-order chi connectivity index (χ1) is 9.32. The van der Waals surface area contributed by atoms with Gasteiger partial charge in [0.2, 0.25) is 5.91 Å². The molecule has 1 rings (SSSR count). The zero-order valence-corrected chi connectivity index (χ0v) is 11.4. The lowest BCUT2D eigenvalue weighted by Gasteiger charge is -2.17. The van der Waals surface area contributed by atoms with Crippen LogP contribution >= 0.6 is 0 Å². The molecule has 0 aromatic carbocycles. The molecule has 0 aliphatic carbocycles. The van der Waals surface area contributed by atoms with E-state index in [-0.39, 0.29) is 18.9 Å².